The van der Waals surface area contributed by atoms with E-state index in [0.717, 1.165) is 32.4 Å². The summed E-state index contributed by atoms with van der Waals surface area (Å²) < 4.78 is 5.25. The van der Waals surface area contributed by atoms with Crippen molar-refractivity contribution in [2.24, 2.45) is 0 Å². The first-order valence-electron chi connectivity index (χ1n) is 10.1. The van der Waals surface area contributed by atoms with Crippen molar-refractivity contribution >= 4 is 44.1 Å². The number of carbonyl (C=O) groups is 1. The van der Waals surface area contributed by atoms with Crippen molar-refractivity contribution in [3.8, 4) is 0 Å². The molecule has 0 saturated heterocycles. The van der Waals surface area contributed by atoms with Crippen LogP contribution in [0.25, 0.3) is 21.1 Å². The van der Waals surface area contributed by atoms with E-state index in [1.165, 1.54) is 11.3 Å². The molecule has 0 aliphatic carbocycles. The van der Waals surface area contributed by atoms with Crippen LogP contribution in [0, 0.1) is 0 Å². The number of hydrogen-bond donors (Lipinski definition) is 1. The van der Waals surface area contributed by atoms with E-state index in [2.05, 4.69) is 26.5 Å². The molecule has 7 heteroatoms. The van der Waals surface area contributed by atoms with Crippen molar-refractivity contribution in [2.75, 3.05) is 5.32 Å². The molecule has 3 heterocycles. The van der Waals surface area contributed by atoms with Gasteiger partial charge in [0.2, 0.25) is 5.89 Å². The maximum absolute atomic E-state index is 12.8. The third-order valence-electron chi connectivity index (χ3n) is 4.99. The normalized spacial score (nSPS) is 11.5. The van der Waals surface area contributed by atoms with Crippen LogP contribution >= 0.6 is 11.3 Å². The maximum Gasteiger partial charge on any atom is 0.265 e. The van der Waals surface area contributed by atoms with Gasteiger partial charge in [0.25, 0.3) is 5.91 Å². The Labute approximate surface area is 182 Å². The van der Waals surface area contributed by atoms with Crippen LogP contribution in [0.4, 0.5) is 5.69 Å². The molecule has 0 spiro atoms. The predicted octanol–water partition coefficient (Wildman–Crippen LogP) is 5.80. The number of hydrogen-bond acceptors (Lipinski definition) is 6. The number of benzene rings is 2. The standard InChI is InChI=1S/C24H20N4O2S/c1-14(2)23-27-21(28-30-23)11-15-7-9-18(10-8-15)25-22(29)20-13-17-12-16-5-3-4-6-19(16)26-24(17)31-20/h3-10,12-14H,11H2,1-2H3,(H,25,29). The number of fused-ring (bicyclic) bond motifs is 2. The number of rotatable bonds is 5. The summed E-state index contributed by atoms with van der Waals surface area (Å²) in [5.74, 6) is 1.37. The van der Waals surface area contributed by atoms with E-state index in [0.29, 0.717) is 23.0 Å². The Bertz CT molecular complexity index is 1330. The van der Waals surface area contributed by atoms with Crippen molar-refractivity contribution in [2.45, 2.75) is 26.2 Å². The lowest BCUT2D eigenvalue weighted by Crippen LogP contribution is -2.09. The molecule has 3 aromatic heterocycles. The third-order valence-corrected chi connectivity index (χ3v) is 6.03. The third kappa shape index (κ3) is 4.04. The monoisotopic (exact) mass is 428 g/mol. The zero-order valence-electron chi connectivity index (χ0n) is 17.1. The lowest BCUT2D eigenvalue weighted by atomic mass is 10.1. The Kier molecular flexibility index (Phi) is 4.95. The van der Waals surface area contributed by atoms with Gasteiger partial charge in [-0.3, -0.25) is 4.79 Å². The molecule has 0 bridgehead atoms. The molecular weight excluding hydrogens is 408 g/mol. The second kappa shape index (κ2) is 7.92. The minimum Gasteiger partial charge on any atom is -0.339 e. The van der Waals surface area contributed by atoms with Gasteiger partial charge in [-0.05, 0) is 35.9 Å². The topological polar surface area (TPSA) is 80.9 Å². The summed E-state index contributed by atoms with van der Waals surface area (Å²) in [6.07, 6.45) is 0.583. The van der Waals surface area contributed by atoms with Crippen molar-refractivity contribution < 1.29 is 9.32 Å². The minimum absolute atomic E-state index is 0.139. The predicted molar refractivity (Wildman–Crippen MR) is 123 cm³/mol. The molecule has 0 saturated carbocycles. The zero-order chi connectivity index (χ0) is 21.4. The Morgan fingerprint density at radius 1 is 1.03 bits per heavy atom. The van der Waals surface area contributed by atoms with Gasteiger partial charge in [0.1, 0.15) is 4.83 Å². The van der Waals surface area contributed by atoms with Crippen LogP contribution in [-0.2, 0) is 6.42 Å². The first-order valence-corrected chi connectivity index (χ1v) is 10.9. The molecule has 0 atom stereocenters. The van der Waals surface area contributed by atoms with Crippen LogP contribution in [0.5, 0.6) is 0 Å². The average Bonchev–Trinajstić information content (AvgIpc) is 3.40. The molecule has 0 fully saturated rings. The summed E-state index contributed by atoms with van der Waals surface area (Å²) in [4.78, 5) is 23.3. The highest BCUT2D eigenvalue weighted by atomic mass is 32.1. The number of pyridine rings is 1. The molecule has 2 aromatic carbocycles. The van der Waals surface area contributed by atoms with Gasteiger partial charge in [0, 0.05) is 28.8 Å². The van der Waals surface area contributed by atoms with Crippen LogP contribution in [0.1, 0.15) is 46.7 Å². The van der Waals surface area contributed by atoms with Crippen LogP contribution in [0.3, 0.4) is 0 Å². The lowest BCUT2D eigenvalue weighted by molar-refractivity contribution is 0.103. The van der Waals surface area contributed by atoms with E-state index in [9.17, 15) is 4.79 Å². The molecule has 154 valence electrons. The Hall–Kier alpha value is -3.58. The second-order valence-electron chi connectivity index (χ2n) is 7.72. The van der Waals surface area contributed by atoms with Gasteiger partial charge in [0.15, 0.2) is 5.82 Å². The van der Waals surface area contributed by atoms with E-state index in [1.54, 1.807) is 0 Å². The largest absolute Gasteiger partial charge is 0.339 e. The molecule has 6 nitrogen and oxygen atoms in total. The van der Waals surface area contributed by atoms with Crippen LogP contribution in [-0.4, -0.2) is 21.0 Å². The SMILES string of the molecule is CC(C)c1nc(Cc2ccc(NC(=O)c3cc4cc5ccccc5nc4s3)cc2)no1. The Balaban J connectivity index is 1.30. The number of nitrogens with zero attached hydrogens (tertiary/aromatic N) is 3. The highest BCUT2D eigenvalue weighted by Crippen LogP contribution is 2.28. The van der Waals surface area contributed by atoms with Gasteiger partial charge < -0.3 is 9.84 Å². The highest BCUT2D eigenvalue weighted by molar-refractivity contribution is 7.20. The van der Waals surface area contributed by atoms with E-state index in [1.807, 2.05) is 68.4 Å². The minimum atomic E-state index is -0.139. The number of carbonyl (C=O) groups excluding carboxylic acids is 1. The number of amides is 1. The Morgan fingerprint density at radius 3 is 2.61 bits per heavy atom. The number of anilines is 1. The summed E-state index contributed by atoms with van der Waals surface area (Å²) in [5, 5.41) is 9.03. The number of para-hydroxylation sites is 1. The summed E-state index contributed by atoms with van der Waals surface area (Å²) >= 11 is 1.40. The highest BCUT2D eigenvalue weighted by Gasteiger charge is 2.13. The van der Waals surface area contributed by atoms with Crippen LogP contribution in [0.15, 0.2) is 65.2 Å². The first-order chi connectivity index (χ1) is 15.0. The molecular formula is C24H20N4O2S. The molecule has 0 aliphatic heterocycles. The fraction of sp³-hybridized carbons (Fsp3) is 0.167. The molecule has 1 N–H and O–H groups in total. The number of thiophene rings is 1. The van der Waals surface area contributed by atoms with Gasteiger partial charge in [0.05, 0.1) is 10.4 Å². The zero-order valence-corrected chi connectivity index (χ0v) is 17.9. The summed E-state index contributed by atoms with van der Waals surface area (Å²) in [5.41, 5.74) is 2.72. The van der Waals surface area contributed by atoms with Crippen molar-refractivity contribution in [3.05, 3.63) is 82.8 Å². The summed E-state index contributed by atoms with van der Waals surface area (Å²) in [6, 6.07) is 19.6. The summed E-state index contributed by atoms with van der Waals surface area (Å²) in [7, 11) is 0. The van der Waals surface area contributed by atoms with Crippen molar-refractivity contribution in [1.82, 2.24) is 15.1 Å². The fourth-order valence-electron chi connectivity index (χ4n) is 3.34. The molecule has 0 aliphatic rings. The molecule has 0 radical (unpaired) electrons. The molecule has 0 unspecified atom stereocenters. The Morgan fingerprint density at radius 2 is 1.84 bits per heavy atom. The smallest absolute Gasteiger partial charge is 0.265 e. The number of aromatic nitrogens is 3. The van der Waals surface area contributed by atoms with Crippen LogP contribution < -0.4 is 5.32 Å². The fourth-order valence-corrected chi connectivity index (χ4v) is 4.26. The number of nitrogens with one attached hydrogen (secondary N) is 1. The van der Waals surface area contributed by atoms with Crippen molar-refractivity contribution in [1.29, 1.82) is 0 Å². The van der Waals surface area contributed by atoms with E-state index >= 15 is 0 Å². The maximum atomic E-state index is 12.8. The van der Waals surface area contributed by atoms with E-state index < -0.39 is 0 Å². The lowest BCUT2D eigenvalue weighted by Gasteiger charge is -2.04. The molecule has 5 aromatic rings. The summed E-state index contributed by atoms with van der Waals surface area (Å²) in [6.45, 7) is 4.04. The second-order valence-corrected chi connectivity index (χ2v) is 8.75. The van der Waals surface area contributed by atoms with E-state index in [4.69, 9.17) is 4.52 Å². The van der Waals surface area contributed by atoms with Gasteiger partial charge in [-0.25, -0.2) is 4.98 Å². The van der Waals surface area contributed by atoms with Gasteiger partial charge >= 0.3 is 0 Å². The van der Waals surface area contributed by atoms with Crippen LogP contribution in [0.2, 0.25) is 0 Å². The average molecular weight is 429 g/mol. The molecule has 1 amide bonds. The molecule has 31 heavy (non-hydrogen) atoms. The van der Waals surface area contributed by atoms with Crippen molar-refractivity contribution in [3.63, 3.8) is 0 Å². The first kappa shape index (κ1) is 19.4. The van der Waals surface area contributed by atoms with Gasteiger partial charge in [-0.15, -0.1) is 11.3 Å². The van der Waals surface area contributed by atoms with Gasteiger partial charge in [-0.2, -0.15) is 4.98 Å². The van der Waals surface area contributed by atoms with E-state index in [-0.39, 0.29) is 11.8 Å². The quantitative estimate of drug-likeness (QED) is 0.383. The van der Waals surface area contributed by atoms with Gasteiger partial charge in [-0.1, -0.05) is 49.3 Å². The molecule has 5 rings (SSSR count).